The van der Waals surface area contributed by atoms with E-state index >= 15 is 0 Å². The van der Waals surface area contributed by atoms with Crippen molar-refractivity contribution >= 4 is 27.7 Å². The number of aromatic nitrogens is 2. The number of hydrogen-bond donors (Lipinski definition) is 2. The van der Waals surface area contributed by atoms with Crippen LogP contribution in [0.1, 0.15) is 87.3 Å². The van der Waals surface area contributed by atoms with Gasteiger partial charge in [0.05, 0.1) is 44.9 Å². The number of quaternary nitrogens is 1. The molecule has 0 spiro atoms. The highest BCUT2D eigenvalue weighted by Crippen LogP contribution is 2.27. The molecule has 194 valence electrons. The second-order valence-corrected chi connectivity index (χ2v) is 10.5. The van der Waals surface area contributed by atoms with Gasteiger partial charge in [0.2, 0.25) is 0 Å². The van der Waals surface area contributed by atoms with Gasteiger partial charge in [-0.05, 0) is 31.9 Å². The van der Waals surface area contributed by atoms with Crippen LogP contribution in [0.2, 0.25) is 0 Å². The molecule has 3 aromatic rings. The number of fused-ring (bicyclic) bond motifs is 3. The van der Waals surface area contributed by atoms with Gasteiger partial charge >= 0.3 is 0 Å². The SMILES string of the molecule is CCCCCCCCCCCC[N+](C)(C)CCNC(=O)c1cc2c([nH]c3ccccc32)c(C)n1.[Br-]. The number of unbranched alkanes of at least 4 members (excludes halogenated alkanes) is 9. The van der Waals surface area contributed by atoms with Crippen LogP contribution in [-0.2, 0) is 0 Å². The van der Waals surface area contributed by atoms with Crippen molar-refractivity contribution in [1.82, 2.24) is 15.3 Å². The van der Waals surface area contributed by atoms with E-state index in [-0.39, 0.29) is 22.9 Å². The number of benzene rings is 1. The van der Waals surface area contributed by atoms with Gasteiger partial charge < -0.3 is 31.8 Å². The van der Waals surface area contributed by atoms with Crippen molar-refractivity contribution in [3.05, 3.63) is 41.7 Å². The molecule has 0 atom stereocenters. The highest BCUT2D eigenvalue weighted by molar-refractivity contribution is 6.10. The Bertz CT molecular complexity index is 1060. The summed E-state index contributed by atoms with van der Waals surface area (Å²) in [5.74, 6) is -0.0887. The van der Waals surface area contributed by atoms with E-state index in [1.807, 2.05) is 25.1 Å². The summed E-state index contributed by atoms with van der Waals surface area (Å²) in [6.07, 6.45) is 13.6. The fourth-order valence-electron chi connectivity index (χ4n) is 4.82. The Hall–Kier alpha value is -1.92. The van der Waals surface area contributed by atoms with Crippen molar-refractivity contribution in [2.24, 2.45) is 0 Å². The number of halogens is 1. The molecule has 0 aliphatic rings. The summed E-state index contributed by atoms with van der Waals surface area (Å²) in [5, 5.41) is 5.29. The molecule has 1 amide bonds. The van der Waals surface area contributed by atoms with Crippen LogP contribution in [0, 0.1) is 6.92 Å². The topological polar surface area (TPSA) is 57.8 Å². The smallest absolute Gasteiger partial charge is 0.270 e. The maximum Gasteiger partial charge on any atom is 0.270 e. The Morgan fingerprint density at radius 3 is 2.23 bits per heavy atom. The number of aromatic amines is 1. The van der Waals surface area contributed by atoms with E-state index in [1.165, 1.54) is 64.2 Å². The van der Waals surface area contributed by atoms with Crippen LogP contribution < -0.4 is 22.3 Å². The molecule has 0 saturated carbocycles. The fourth-order valence-corrected chi connectivity index (χ4v) is 4.82. The van der Waals surface area contributed by atoms with Crippen molar-refractivity contribution in [1.29, 1.82) is 0 Å². The predicted molar refractivity (Wildman–Crippen MR) is 144 cm³/mol. The molecule has 0 aliphatic heterocycles. The molecule has 6 heteroatoms. The molecule has 0 aliphatic carbocycles. The van der Waals surface area contributed by atoms with Gasteiger partial charge in [0, 0.05) is 16.3 Å². The average molecular weight is 546 g/mol. The molecular weight excluding hydrogens is 500 g/mol. The summed E-state index contributed by atoms with van der Waals surface area (Å²) in [6, 6.07) is 10.1. The quantitative estimate of drug-likeness (QED) is 0.226. The molecular formula is C29H45BrN4O. The minimum atomic E-state index is -0.0887. The number of H-pyrrole nitrogens is 1. The molecule has 0 fully saturated rings. The Labute approximate surface area is 222 Å². The highest BCUT2D eigenvalue weighted by atomic mass is 79.9. The number of likely N-dealkylation sites (N-methyl/N-ethyl adjacent to an activating group) is 1. The van der Waals surface area contributed by atoms with Crippen molar-refractivity contribution in [3.8, 4) is 0 Å². The lowest BCUT2D eigenvalue weighted by molar-refractivity contribution is -0.889. The zero-order valence-corrected chi connectivity index (χ0v) is 23.8. The maximum atomic E-state index is 12.8. The van der Waals surface area contributed by atoms with Crippen LogP contribution >= 0.6 is 0 Å². The van der Waals surface area contributed by atoms with Crippen LogP contribution in [0.5, 0.6) is 0 Å². The summed E-state index contributed by atoms with van der Waals surface area (Å²) < 4.78 is 0.936. The summed E-state index contributed by atoms with van der Waals surface area (Å²) in [5.41, 5.74) is 3.43. The standard InChI is InChI=1S/C29H44N4O.BrH/c1-5-6-7-8-9-10-11-12-13-16-20-33(3,4)21-19-30-29(34)27-22-25-24-17-14-15-18-26(24)32-28(25)23(2)31-27;/h14-15,17-18,22H,5-13,16,19-21H2,1-4H3,(H-,30,31,32,34);1H. The van der Waals surface area contributed by atoms with Crippen LogP contribution in [-0.4, -0.2) is 54.1 Å². The van der Waals surface area contributed by atoms with Gasteiger partial charge in [-0.3, -0.25) is 4.79 Å². The van der Waals surface area contributed by atoms with Gasteiger partial charge in [-0.15, -0.1) is 0 Å². The number of para-hydroxylation sites is 1. The second kappa shape index (κ2) is 14.6. The summed E-state index contributed by atoms with van der Waals surface area (Å²) in [4.78, 5) is 20.8. The number of hydrogen-bond acceptors (Lipinski definition) is 2. The molecule has 5 nitrogen and oxygen atoms in total. The first-order valence-corrected chi connectivity index (χ1v) is 13.4. The molecule has 0 radical (unpaired) electrons. The maximum absolute atomic E-state index is 12.8. The third kappa shape index (κ3) is 8.91. The Balaban J connectivity index is 0.00000432. The molecule has 2 heterocycles. The minimum Gasteiger partial charge on any atom is -1.00 e. The van der Waals surface area contributed by atoms with E-state index in [9.17, 15) is 4.79 Å². The van der Waals surface area contributed by atoms with E-state index in [4.69, 9.17) is 0 Å². The number of aryl methyl sites for hydroxylation is 1. The first kappa shape index (κ1) is 29.3. The third-order valence-electron chi connectivity index (χ3n) is 7.03. The minimum absolute atomic E-state index is 0. The predicted octanol–water partition coefficient (Wildman–Crippen LogP) is 3.76. The zero-order chi connectivity index (χ0) is 24.4. The second-order valence-electron chi connectivity index (χ2n) is 10.5. The van der Waals surface area contributed by atoms with E-state index in [2.05, 4.69) is 48.4 Å². The van der Waals surface area contributed by atoms with Gasteiger partial charge in [-0.2, -0.15) is 0 Å². The molecule has 2 N–H and O–H groups in total. The first-order chi connectivity index (χ1) is 16.4. The van der Waals surface area contributed by atoms with E-state index < -0.39 is 0 Å². The normalized spacial score (nSPS) is 11.7. The number of amides is 1. The molecule has 0 saturated heterocycles. The lowest BCUT2D eigenvalue weighted by Crippen LogP contribution is -3.00. The molecule has 2 aromatic heterocycles. The van der Waals surface area contributed by atoms with Crippen molar-refractivity contribution < 1.29 is 26.3 Å². The van der Waals surface area contributed by atoms with Gasteiger partial charge in [0.1, 0.15) is 5.69 Å². The highest BCUT2D eigenvalue weighted by Gasteiger charge is 2.17. The summed E-state index contributed by atoms with van der Waals surface area (Å²) in [6.45, 7) is 6.98. The van der Waals surface area contributed by atoms with Gasteiger partial charge in [-0.1, -0.05) is 76.5 Å². The van der Waals surface area contributed by atoms with E-state index in [0.29, 0.717) is 12.2 Å². The number of rotatable bonds is 15. The van der Waals surface area contributed by atoms with Crippen LogP contribution in [0.4, 0.5) is 0 Å². The summed E-state index contributed by atoms with van der Waals surface area (Å²) in [7, 11) is 4.53. The summed E-state index contributed by atoms with van der Waals surface area (Å²) >= 11 is 0. The first-order valence-electron chi connectivity index (χ1n) is 13.4. The average Bonchev–Trinajstić information content (AvgIpc) is 3.19. The lowest BCUT2D eigenvalue weighted by atomic mass is 10.1. The van der Waals surface area contributed by atoms with Crippen molar-refractivity contribution in [2.45, 2.75) is 78.1 Å². The third-order valence-corrected chi connectivity index (χ3v) is 7.03. The molecule has 0 bridgehead atoms. The monoisotopic (exact) mass is 544 g/mol. The Kier molecular flexibility index (Phi) is 12.2. The van der Waals surface area contributed by atoms with Gasteiger partial charge in [0.25, 0.3) is 5.91 Å². The van der Waals surface area contributed by atoms with Crippen LogP contribution in [0.15, 0.2) is 30.3 Å². The zero-order valence-electron chi connectivity index (χ0n) is 22.3. The molecule has 1 aromatic carbocycles. The number of carbonyl (C=O) groups excluding carboxylic acids is 1. The van der Waals surface area contributed by atoms with E-state index in [1.54, 1.807) is 0 Å². The molecule has 3 rings (SSSR count). The van der Waals surface area contributed by atoms with Gasteiger partial charge in [0.15, 0.2) is 0 Å². The number of nitrogens with one attached hydrogen (secondary N) is 2. The van der Waals surface area contributed by atoms with Crippen molar-refractivity contribution in [2.75, 3.05) is 33.7 Å². The van der Waals surface area contributed by atoms with Crippen molar-refractivity contribution in [3.63, 3.8) is 0 Å². The van der Waals surface area contributed by atoms with Crippen LogP contribution in [0.3, 0.4) is 0 Å². The largest absolute Gasteiger partial charge is 1.00 e. The van der Waals surface area contributed by atoms with Gasteiger partial charge in [-0.25, -0.2) is 4.98 Å². The number of pyridine rings is 1. The molecule has 0 unspecified atom stereocenters. The Morgan fingerprint density at radius 2 is 1.54 bits per heavy atom. The van der Waals surface area contributed by atoms with Crippen LogP contribution in [0.25, 0.3) is 21.8 Å². The lowest BCUT2D eigenvalue weighted by Gasteiger charge is -2.30. The fraction of sp³-hybridized carbons (Fsp3) is 0.586. The number of nitrogens with zero attached hydrogens (tertiary/aromatic N) is 2. The number of carbonyl (C=O) groups is 1. The Morgan fingerprint density at radius 1 is 0.914 bits per heavy atom. The van der Waals surface area contributed by atoms with E-state index in [0.717, 1.165) is 45.1 Å². The molecule has 35 heavy (non-hydrogen) atoms.